The normalized spacial score (nSPS) is 25.5. The SMILES string of the molecule is C=CCOC(C)CN1CCNC(C(C)CC)C1. The lowest BCUT2D eigenvalue weighted by atomic mass is 9.97. The van der Waals surface area contributed by atoms with Gasteiger partial charge in [-0.25, -0.2) is 0 Å². The van der Waals surface area contributed by atoms with Gasteiger partial charge in [-0.3, -0.25) is 4.90 Å². The van der Waals surface area contributed by atoms with Crippen LogP contribution in [0.1, 0.15) is 27.2 Å². The lowest BCUT2D eigenvalue weighted by Gasteiger charge is -2.37. The van der Waals surface area contributed by atoms with Crippen molar-refractivity contribution in [3.8, 4) is 0 Å². The van der Waals surface area contributed by atoms with E-state index in [2.05, 4.69) is 37.6 Å². The van der Waals surface area contributed by atoms with Gasteiger partial charge in [0.2, 0.25) is 0 Å². The Kier molecular flexibility index (Phi) is 6.78. The highest BCUT2D eigenvalue weighted by molar-refractivity contribution is 4.82. The van der Waals surface area contributed by atoms with Crippen LogP contribution in [0, 0.1) is 5.92 Å². The second-order valence-corrected chi connectivity index (χ2v) is 5.14. The van der Waals surface area contributed by atoms with Gasteiger partial charge in [-0.05, 0) is 12.8 Å². The predicted octanol–water partition coefficient (Wildman–Crippen LogP) is 1.90. The highest BCUT2D eigenvalue weighted by atomic mass is 16.5. The summed E-state index contributed by atoms with van der Waals surface area (Å²) >= 11 is 0. The fourth-order valence-electron chi connectivity index (χ4n) is 2.32. The second kappa shape index (κ2) is 7.85. The van der Waals surface area contributed by atoms with E-state index in [1.807, 2.05) is 6.08 Å². The molecule has 0 spiro atoms. The Bertz CT molecular complexity index is 220. The van der Waals surface area contributed by atoms with Crippen LogP contribution in [0.4, 0.5) is 0 Å². The third-order valence-corrected chi connectivity index (χ3v) is 3.63. The minimum Gasteiger partial charge on any atom is -0.373 e. The molecule has 3 nitrogen and oxygen atoms in total. The molecular weight excluding hydrogens is 212 g/mol. The highest BCUT2D eigenvalue weighted by Crippen LogP contribution is 2.12. The van der Waals surface area contributed by atoms with Crippen molar-refractivity contribution in [2.45, 2.75) is 39.3 Å². The van der Waals surface area contributed by atoms with E-state index in [4.69, 9.17) is 4.74 Å². The first-order valence-electron chi connectivity index (χ1n) is 6.85. The minimum atomic E-state index is 0.295. The molecule has 3 unspecified atom stereocenters. The van der Waals surface area contributed by atoms with Crippen molar-refractivity contribution in [3.05, 3.63) is 12.7 Å². The molecule has 100 valence electrons. The fraction of sp³-hybridized carbons (Fsp3) is 0.857. The Labute approximate surface area is 106 Å². The van der Waals surface area contributed by atoms with Gasteiger partial charge in [0.15, 0.2) is 0 Å². The van der Waals surface area contributed by atoms with Crippen molar-refractivity contribution < 1.29 is 4.74 Å². The van der Waals surface area contributed by atoms with Crippen LogP contribution in [0.15, 0.2) is 12.7 Å². The van der Waals surface area contributed by atoms with E-state index < -0.39 is 0 Å². The van der Waals surface area contributed by atoms with Crippen molar-refractivity contribution >= 4 is 0 Å². The second-order valence-electron chi connectivity index (χ2n) is 5.14. The number of hydrogen-bond acceptors (Lipinski definition) is 3. The van der Waals surface area contributed by atoms with Crippen LogP contribution < -0.4 is 5.32 Å². The molecule has 1 aliphatic rings. The van der Waals surface area contributed by atoms with Crippen LogP contribution in [-0.2, 0) is 4.74 Å². The van der Waals surface area contributed by atoms with Gasteiger partial charge in [-0.1, -0.05) is 26.3 Å². The average molecular weight is 240 g/mol. The summed E-state index contributed by atoms with van der Waals surface area (Å²) in [5, 5.41) is 3.62. The molecule has 0 aliphatic carbocycles. The fourth-order valence-corrected chi connectivity index (χ4v) is 2.32. The van der Waals surface area contributed by atoms with E-state index in [0.29, 0.717) is 18.8 Å². The van der Waals surface area contributed by atoms with E-state index >= 15 is 0 Å². The Morgan fingerprint density at radius 3 is 2.94 bits per heavy atom. The number of piperazine rings is 1. The van der Waals surface area contributed by atoms with Gasteiger partial charge < -0.3 is 10.1 Å². The summed E-state index contributed by atoms with van der Waals surface area (Å²) < 4.78 is 5.64. The molecule has 1 N–H and O–H groups in total. The number of nitrogens with one attached hydrogen (secondary N) is 1. The van der Waals surface area contributed by atoms with Crippen LogP contribution in [0.3, 0.4) is 0 Å². The topological polar surface area (TPSA) is 24.5 Å². The zero-order valence-electron chi connectivity index (χ0n) is 11.6. The molecule has 17 heavy (non-hydrogen) atoms. The Morgan fingerprint density at radius 2 is 2.29 bits per heavy atom. The maximum atomic E-state index is 5.64. The summed E-state index contributed by atoms with van der Waals surface area (Å²) in [5.41, 5.74) is 0. The molecule has 1 aliphatic heterocycles. The van der Waals surface area contributed by atoms with Crippen LogP contribution in [0.2, 0.25) is 0 Å². The first-order chi connectivity index (χ1) is 8.17. The van der Waals surface area contributed by atoms with Gasteiger partial charge >= 0.3 is 0 Å². The molecular formula is C14H28N2O. The summed E-state index contributed by atoms with van der Waals surface area (Å²) in [5.74, 6) is 0.752. The first-order valence-corrected chi connectivity index (χ1v) is 6.85. The Hall–Kier alpha value is -0.380. The zero-order valence-corrected chi connectivity index (χ0v) is 11.6. The monoisotopic (exact) mass is 240 g/mol. The smallest absolute Gasteiger partial charge is 0.0678 e. The number of ether oxygens (including phenoxy) is 1. The van der Waals surface area contributed by atoms with Gasteiger partial charge in [-0.15, -0.1) is 6.58 Å². The lowest BCUT2D eigenvalue weighted by Crippen LogP contribution is -2.54. The maximum absolute atomic E-state index is 5.64. The molecule has 0 aromatic carbocycles. The summed E-state index contributed by atoms with van der Waals surface area (Å²) in [4.78, 5) is 2.51. The van der Waals surface area contributed by atoms with Crippen LogP contribution in [0.25, 0.3) is 0 Å². The van der Waals surface area contributed by atoms with Crippen LogP contribution >= 0.6 is 0 Å². The lowest BCUT2D eigenvalue weighted by molar-refractivity contribution is 0.0425. The zero-order chi connectivity index (χ0) is 12.7. The van der Waals surface area contributed by atoms with Gasteiger partial charge in [0.05, 0.1) is 12.7 Å². The summed E-state index contributed by atoms with van der Waals surface area (Å²) in [7, 11) is 0. The molecule has 3 heteroatoms. The molecule has 1 fully saturated rings. The van der Waals surface area contributed by atoms with Gasteiger partial charge in [-0.2, -0.15) is 0 Å². The average Bonchev–Trinajstić information content (AvgIpc) is 2.35. The third kappa shape index (κ3) is 5.19. The van der Waals surface area contributed by atoms with Crippen molar-refractivity contribution in [1.29, 1.82) is 0 Å². The summed E-state index contributed by atoms with van der Waals surface area (Å²) in [6.07, 6.45) is 3.35. The van der Waals surface area contributed by atoms with Crippen molar-refractivity contribution in [2.75, 3.05) is 32.8 Å². The summed E-state index contributed by atoms with van der Waals surface area (Å²) in [6.45, 7) is 15.5. The number of nitrogens with zero attached hydrogens (tertiary/aromatic N) is 1. The van der Waals surface area contributed by atoms with E-state index in [1.54, 1.807) is 0 Å². The molecule has 0 radical (unpaired) electrons. The summed E-state index contributed by atoms with van der Waals surface area (Å²) in [6, 6.07) is 0.639. The molecule has 3 atom stereocenters. The highest BCUT2D eigenvalue weighted by Gasteiger charge is 2.23. The molecule has 1 saturated heterocycles. The van der Waals surface area contributed by atoms with Crippen LogP contribution in [0.5, 0.6) is 0 Å². The van der Waals surface area contributed by atoms with Crippen LogP contribution in [-0.4, -0.2) is 49.8 Å². The maximum Gasteiger partial charge on any atom is 0.0678 e. The molecule has 0 amide bonds. The van der Waals surface area contributed by atoms with Gasteiger partial charge in [0.1, 0.15) is 0 Å². The Balaban J connectivity index is 2.31. The van der Waals surface area contributed by atoms with E-state index in [1.165, 1.54) is 6.42 Å². The predicted molar refractivity (Wildman–Crippen MR) is 73.3 cm³/mol. The van der Waals surface area contributed by atoms with Gasteiger partial charge in [0, 0.05) is 32.2 Å². The first kappa shape index (κ1) is 14.7. The number of rotatable bonds is 7. The Morgan fingerprint density at radius 1 is 1.53 bits per heavy atom. The van der Waals surface area contributed by atoms with E-state index in [0.717, 1.165) is 32.1 Å². The van der Waals surface area contributed by atoms with Crippen molar-refractivity contribution in [1.82, 2.24) is 10.2 Å². The molecule has 0 saturated carbocycles. The third-order valence-electron chi connectivity index (χ3n) is 3.63. The standard InChI is InChI=1S/C14H28N2O/c1-5-9-17-13(4)10-16-8-7-15-14(11-16)12(3)6-2/h5,12-15H,1,6-11H2,2-4H3. The molecule has 0 aromatic rings. The van der Waals surface area contributed by atoms with E-state index in [-0.39, 0.29) is 0 Å². The molecule has 0 bridgehead atoms. The largest absolute Gasteiger partial charge is 0.373 e. The van der Waals surface area contributed by atoms with Crippen molar-refractivity contribution in [3.63, 3.8) is 0 Å². The van der Waals surface area contributed by atoms with Gasteiger partial charge in [0.25, 0.3) is 0 Å². The quantitative estimate of drug-likeness (QED) is 0.688. The molecule has 0 aromatic heterocycles. The van der Waals surface area contributed by atoms with E-state index in [9.17, 15) is 0 Å². The molecule has 1 rings (SSSR count). The number of hydrogen-bond donors (Lipinski definition) is 1. The molecule has 1 heterocycles. The van der Waals surface area contributed by atoms with Crippen molar-refractivity contribution in [2.24, 2.45) is 5.92 Å². The minimum absolute atomic E-state index is 0.295.